The number of benzene rings is 4. The number of rotatable bonds is 5. The Morgan fingerprint density at radius 3 is 2.14 bits per heavy atom. The van der Waals surface area contributed by atoms with E-state index >= 15 is 0 Å². The van der Waals surface area contributed by atoms with Crippen LogP contribution in [0.3, 0.4) is 0 Å². The van der Waals surface area contributed by atoms with Crippen molar-refractivity contribution in [2.24, 2.45) is 0 Å². The Bertz CT molecular complexity index is 1480. The largest absolute Gasteiger partial charge is 1.00 e. The summed E-state index contributed by atoms with van der Waals surface area (Å²) >= 11 is 3.16. The van der Waals surface area contributed by atoms with Gasteiger partial charge in [-0.1, -0.05) is 0 Å². The quantitative estimate of drug-likeness (QED) is 0.284. The molecular formula is C32H29BrCl2SiZr. The molecule has 2 aliphatic rings. The average molecular weight is 684 g/mol. The predicted octanol–water partition coefficient (Wildman–Crippen LogP) is 3.20. The summed E-state index contributed by atoms with van der Waals surface area (Å²) in [5.74, 6) is -0.226. The van der Waals surface area contributed by atoms with Crippen molar-refractivity contribution >= 4 is 27.9 Å². The maximum Gasteiger partial charge on any atom is -1.00 e. The molecule has 0 amide bonds. The molecule has 2 unspecified atom stereocenters. The smallest absolute Gasteiger partial charge is 1.00 e. The Kier molecular flexibility index (Phi) is 9.25. The van der Waals surface area contributed by atoms with Gasteiger partial charge in [0.15, 0.2) is 0 Å². The molecule has 2 aliphatic carbocycles. The van der Waals surface area contributed by atoms with Crippen LogP contribution in [0, 0.1) is 0 Å². The molecule has 0 radical (unpaired) electrons. The Morgan fingerprint density at radius 2 is 1.41 bits per heavy atom. The van der Waals surface area contributed by atoms with Gasteiger partial charge in [-0.3, -0.25) is 0 Å². The molecule has 0 aliphatic heterocycles. The van der Waals surface area contributed by atoms with Crippen molar-refractivity contribution in [3.8, 4) is 22.3 Å². The molecule has 4 aromatic carbocycles. The maximum absolute atomic E-state index is 3.68. The van der Waals surface area contributed by atoms with Crippen LogP contribution in [0.25, 0.3) is 28.3 Å². The van der Waals surface area contributed by atoms with E-state index in [9.17, 15) is 0 Å². The Morgan fingerprint density at radius 1 is 0.757 bits per heavy atom. The van der Waals surface area contributed by atoms with Crippen molar-refractivity contribution in [3.63, 3.8) is 0 Å². The molecule has 4 aromatic rings. The van der Waals surface area contributed by atoms with Gasteiger partial charge in [-0.05, 0) is 0 Å². The first kappa shape index (κ1) is 28.8. The van der Waals surface area contributed by atoms with E-state index in [4.69, 9.17) is 0 Å². The summed E-state index contributed by atoms with van der Waals surface area (Å²) in [6.07, 6.45) is 3.58. The zero-order chi connectivity index (χ0) is 24.1. The van der Waals surface area contributed by atoms with Gasteiger partial charge in [0, 0.05) is 0 Å². The molecule has 0 saturated heterocycles. The van der Waals surface area contributed by atoms with Gasteiger partial charge < -0.3 is 24.8 Å². The second-order valence-electron chi connectivity index (χ2n) is 9.97. The Balaban J connectivity index is 0.00000160. The van der Waals surface area contributed by atoms with Crippen LogP contribution in [0.1, 0.15) is 50.7 Å². The van der Waals surface area contributed by atoms with Crippen LogP contribution >= 0.6 is 15.9 Å². The fourth-order valence-electron chi connectivity index (χ4n) is 6.09. The molecule has 0 aromatic heterocycles. The zero-order valence-corrected chi connectivity index (χ0v) is 27.9. The Labute approximate surface area is 254 Å². The molecule has 0 bridgehead atoms. The number of hydrogen-bond acceptors (Lipinski definition) is 0. The first-order valence-electron chi connectivity index (χ1n) is 12.6. The average Bonchev–Trinajstić information content (AvgIpc) is 3.40. The fourth-order valence-corrected chi connectivity index (χ4v) is 16.4. The predicted molar refractivity (Wildman–Crippen MR) is 152 cm³/mol. The van der Waals surface area contributed by atoms with Crippen LogP contribution in [0.4, 0.5) is 0 Å². The first-order valence-corrected chi connectivity index (χ1v) is 22.0. The second-order valence-corrected chi connectivity index (χ2v) is 25.9. The molecule has 6 rings (SSSR count). The van der Waals surface area contributed by atoms with E-state index in [-0.39, 0.29) is 24.8 Å². The molecule has 2 atom stereocenters. The van der Waals surface area contributed by atoms with Crippen molar-refractivity contribution in [1.29, 1.82) is 0 Å². The van der Waals surface area contributed by atoms with Gasteiger partial charge in [0.25, 0.3) is 0 Å². The molecule has 5 heteroatoms. The van der Waals surface area contributed by atoms with Gasteiger partial charge in [-0.15, -0.1) is 0 Å². The second kappa shape index (κ2) is 11.9. The third-order valence-corrected chi connectivity index (χ3v) is 17.8. The Hall–Kier alpha value is -1.22. The maximum atomic E-state index is 3.68. The third-order valence-electron chi connectivity index (χ3n) is 7.50. The summed E-state index contributed by atoms with van der Waals surface area (Å²) in [5, 5.41) is 0. The van der Waals surface area contributed by atoms with E-state index in [0.717, 1.165) is 10.9 Å². The van der Waals surface area contributed by atoms with Gasteiger partial charge >= 0.3 is 231 Å². The number of allylic oxidation sites excluding steroid dienone is 1. The molecule has 0 N–H and O–H groups in total. The monoisotopic (exact) mass is 680 g/mol. The van der Waals surface area contributed by atoms with E-state index in [1.165, 1.54) is 33.4 Å². The van der Waals surface area contributed by atoms with Crippen molar-refractivity contribution in [3.05, 3.63) is 123 Å². The van der Waals surface area contributed by atoms with E-state index in [1.54, 1.807) is 22.3 Å². The standard InChI is InChI=1S/C30H22Br.C2H7Si.2ClH.Zr/c1-2-19-17-28-24(20-9-5-10-22(31)16-20)12-6-14-26(28)30(19)27-15-7-13-25-23-11-4-3-8-21(23)18-29(25)27;1-3-2;;;/h3-18,30H,2H2,1H3;3H,1-2H3;2*1H;/q;;;;+2/p-2. The van der Waals surface area contributed by atoms with E-state index in [1.807, 2.05) is 0 Å². The summed E-state index contributed by atoms with van der Waals surface area (Å²) < 4.78 is 1.83. The minimum atomic E-state index is -0.589. The van der Waals surface area contributed by atoms with Gasteiger partial charge in [0.2, 0.25) is 0 Å². The van der Waals surface area contributed by atoms with E-state index in [0.29, 0.717) is 9.54 Å². The first-order chi connectivity index (χ1) is 17.1. The normalized spacial score (nSPS) is 16.6. The van der Waals surface area contributed by atoms with Crippen LogP contribution in [0.15, 0.2) is 95.0 Å². The van der Waals surface area contributed by atoms with Gasteiger partial charge in [-0.2, -0.15) is 0 Å². The van der Waals surface area contributed by atoms with Gasteiger partial charge in [0.1, 0.15) is 0 Å². The van der Waals surface area contributed by atoms with Gasteiger partial charge in [-0.25, -0.2) is 0 Å². The summed E-state index contributed by atoms with van der Waals surface area (Å²) in [5.41, 5.74) is 14.9. The summed E-state index contributed by atoms with van der Waals surface area (Å²) in [6.45, 7) is 7.47. The SMILES string of the molecule is CCC1=Cc2c(-c3cccc(Br)c3)cccc2C1c1cccc2c1[CH]([Zr+2][SiH](C)C)c1ccccc1-2.[Cl-].[Cl-]. The molecule has 0 fully saturated rings. The number of hydrogen-bond donors (Lipinski definition) is 0. The summed E-state index contributed by atoms with van der Waals surface area (Å²) in [4.78, 5) is 0. The number of halogens is 3. The topological polar surface area (TPSA) is 0 Å². The zero-order valence-electron chi connectivity index (χ0n) is 21.2. The third kappa shape index (κ3) is 5.08. The van der Waals surface area contributed by atoms with E-state index < -0.39 is 28.3 Å². The fraction of sp³-hybridized carbons (Fsp3) is 0.188. The number of fused-ring (bicyclic) bond motifs is 4. The molecule has 37 heavy (non-hydrogen) atoms. The van der Waals surface area contributed by atoms with Crippen LogP contribution in [0.2, 0.25) is 13.1 Å². The van der Waals surface area contributed by atoms with Gasteiger partial charge in [0.05, 0.1) is 0 Å². The van der Waals surface area contributed by atoms with Crippen molar-refractivity contribution in [1.82, 2.24) is 0 Å². The van der Waals surface area contributed by atoms with Crippen molar-refractivity contribution in [2.45, 2.75) is 36.0 Å². The van der Waals surface area contributed by atoms with Crippen LogP contribution in [-0.2, 0) is 22.4 Å². The summed E-state index contributed by atoms with van der Waals surface area (Å²) in [6, 6.07) is 32.1. The van der Waals surface area contributed by atoms with Crippen LogP contribution in [-0.4, -0.2) is 5.92 Å². The van der Waals surface area contributed by atoms with E-state index in [2.05, 4.69) is 127 Å². The minimum absolute atomic E-state index is 0. The van der Waals surface area contributed by atoms with Crippen molar-refractivity contribution < 1.29 is 47.2 Å². The molecule has 186 valence electrons. The molecular weight excluding hydrogens is 654 g/mol. The van der Waals surface area contributed by atoms with Crippen LogP contribution in [0.5, 0.6) is 0 Å². The molecule has 0 nitrogen and oxygen atoms in total. The summed E-state index contributed by atoms with van der Waals surface area (Å²) in [7, 11) is 0. The minimum Gasteiger partial charge on any atom is -1.00 e. The van der Waals surface area contributed by atoms with Crippen molar-refractivity contribution in [2.75, 3.05) is 0 Å². The molecule has 0 saturated carbocycles. The van der Waals surface area contributed by atoms with Crippen LogP contribution < -0.4 is 24.8 Å². The molecule has 0 spiro atoms. The molecule has 0 heterocycles.